The van der Waals surface area contributed by atoms with Crippen molar-refractivity contribution >= 4 is 47.8 Å². The number of thioether (sulfide) groups is 1. The van der Waals surface area contributed by atoms with E-state index in [2.05, 4.69) is 75.9 Å². The van der Waals surface area contributed by atoms with Gasteiger partial charge in [-0.1, -0.05) is 41.5 Å². The van der Waals surface area contributed by atoms with Crippen LogP contribution >= 0.6 is 11.8 Å². The summed E-state index contributed by atoms with van der Waals surface area (Å²) in [5.74, 6) is 1.06. The van der Waals surface area contributed by atoms with Crippen LogP contribution in [0.15, 0.2) is 24.4 Å². The molecule has 3 radical (unpaired) electrons. The molecule has 4 nitrogen and oxygen atoms in total. The van der Waals surface area contributed by atoms with Gasteiger partial charge >= 0.3 is 0 Å². The van der Waals surface area contributed by atoms with Gasteiger partial charge in [0.2, 0.25) is 0 Å². The van der Waals surface area contributed by atoms with E-state index in [0.717, 1.165) is 33.6 Å². The third-order valence-electron chi connectivity index (χ3n) is 6.57. The number of pyridine rings is 1. The molecule has 2 atom stereocenters. The topological polar surface area (TPSA) is 43.1 Å². The lowest BCUT2D eigenvalue weighted by molar-refractivity contribution is 0.541. The summed E-state index contributed by atoms with van der Waals surface area (Å²) in [7, 11) is 0. The second kappa shape index (κ2) is 6.47. The van der Waals surface area contributed by atoms with Crippen LogP contribution in [0, 0.1) is 0 Å². The monoisotopic (exact) mass is 427 g/mol. The Morgan fingerprint density at radius 2 is 1.55 bits per heavy atom. The zero-order chi connectivity index (χ0) is 21.0. The molecule has 4 aromatic rings. The summed E-state index contributed by atoms with van der Waals surface area (Å²) in [6.07, 6.45) is 4.58. The summed E-state index contributed by atoms with van der Waals surface area (Å²) in [4.78, 5) is 15.1. The number of hydrogen-bond acceptors (Lipinski definition) is 4. The Morgan fingerprint density at radius 1 is 0.871 bits per heavy atom. The van der Waals surface area contributed by atoms with Gasteiger partial charge in [0.1, 0.15) is 11.5 Å². The molecule has 2 unspecified atom stereocenters. The third-order valence-corrected chi connectivity index (χ3v) is 8.21. The van der Waals surface area contributed by atoms with Crippen molar-refractivity contribution in [2.75, 3.05) is 0 Å². The zero-order valence-electron chi connectivity index (χ0n) is 19.2. The SMILES string of the molecule is CC(C)(C)c1cc2nc(C(C)(C)C)n3c4cc5c(cc4nc3c2cn1)C1CCC5S1.[B]. The predicted octanol–water partition coefficient (Wildman–Crippen LogP) is 6.27. The standard InChI is InChI=1S/C25H28N4S.B/c1-24(2,3)21-11-16-15(12-26-21)22-27-17-9-13-14(20-8-7-19(13)30-20)10-18(17)29(22)23(28-16)25(4,5)6;/h9-12,19-20H,7-8H2,1-6H3;. The van der Waals surface area contributed by atoms with Gasteiger partial charge in [-0.2, -0.15) is 0 Å². The number of rotatable bonds is 0. The average molecular weight is 427 g/mol. The molecule has 6 rings (SSSR count). The fourth-order valence-electron chi connectivity index (χ4n) is 4.99. The molecule has 1 fully saturated rings. The number of benzene rings is 1. The Bertz CT molecular complexity index is 1360. The fourth-order valence-corrected chi connectivity index (χ4v) is 6.63. The lowest BCUT2D eigenvalue weighted by Gasteiger charge is -2.22. The summed E-state index contributed by atoms with van der Waals surface area (Å²) in [5, 5.41) is 2.35. The van der Waals surface area contributed by atoms with Crippen molar-refractivity contribution in [3.05, 3.63) is 47.0 Å². The molecule has 157 valence electrons. The van der Waals surface area contributed by atoms with Crippen LogP contribution < -0.4 is 0 Å². The minimum absolute atomic E-state index is 0. The van der Waals surface area contributed by atoms with E-state index in [4.69, 9.17) is 15.0 Å². The Balaban J connectivity index is 0.00000204. The van der Waals surface area contributed by atoms with Crippen molar-refractivity contribution in [2.24, 2.45) is 0 Å². The minimum Gasteiger partial charge on any atom is -0.279 e. The van der Waals surface area contributed by atoms with E-state index in [0.29, 0.717) is 10.5 Å². The van der Waals surface area contributed by atoms with Crippen molar-refractivity contribution < 1.29 is 0 Å². The van der Waals surface area contributed by atoms with E-state index in [1.54, 1.807) is 0 Å². The van der Waals surface area contributed by atoms with Crippen LogP contribution in [-0.2, 0) is 10.8 Å². The Hall–Kier alpha value is -2.08. The van der Waals surface area contributed by atoms with Gasteiger partial charge in [-0.3, -0.25) is 9.38 Å². The summed E-state index contributed by atoms with van der Waals surface area (Å²) >= 11 is 2.13. The maximum Gasteiger partial charge on any atom is 0.150 e. The van der Waals surface area contributed by atoms with Gasteiger partial charge in [-0.15, -0.1) is 11.8 Å². The molecule has 3 aromatic heterocycles. The second-order valence-corrected chi connectivity index (χ2v) is 12.4. The Morgan fingerprint density at radius 3 is 2.19 bits per heavy atom. The molecule has 1 saturated heterocycles. The van der Waals surface area contributed by atoms with Crippen molar-refractivity contribution in [3.8, 4) is 0 Å². The molecule has 0 saturated carbocycles. The van der Waals surface area contributed by atoms with Crippen molar-refractivity contribution in [3.63, 3.8) is 0 Å². The van der Waals surface area contributed by atoms with Crippen molar-refractivity contribution in [2.45, 2.75) is 75.7 Å². The molecule has 0 aliphatic carbocycles. The summed E-state index contributed by atoms with van der Waals surface area (Å²) in [5.41, 5.74) is 8.23. The lowest BCUT2D eigenvalue weighted by atomic mass is 9.91. The van der Waals surface area contributed by atoms with E-state index in [1.807, 2.05) is 6.20 Å². The lowest BCUT2D eigenvalue weighted by Crippen LogP contribution is -2.19. The molecule has 2 bridgehead atoms. The first-order valence-electron chi connectivity index (χ1n) is 10.9. The molecular formula is C25H28BN4S. The number of aromatic nitrogens is 4. The van der Waals surface area contributed by atoms with Crippen LogP contribution in [0.25, 0.3) is 27.6 Å². The summed E-state index contributed by atoms with van der Waals surface area (Å²) < 4.78 is 2.30. The third kappa shape index (κ3) is 2.94. The number of imidazole rings is 1. The first kappa shape index (κ1) is 20.8. The van der Waals surface area contributed by atoms with Gasteiger partial charge in [0.25, 0.3) is 0 Å². The highest BCUT2D eigenvalue weighted by Crippen LogP contribution is 2.61. The van der Waals surface area contributed by atoms with Crippen molar-refractivity contribution in [1.29, 1.82) is 0 Å². The first-order valence-corrected chi connectivity index (χ1v) is 11.9. The highest BCUT2D eigenvalue weighted by atomic mass is 32.2. The van der Waals surface area contributed by atoms with Crippen LogP contribution in [0.3, 0.4) is 0 Å². The van der Waals surface area contributed by atoms with E-state index >= 15 is 0 Å². The maximum atomic E-state index is 5.19. The van der Waals surface area contributed by atoms with Crippen LogP contribution in [0.1, 0.15) is 87.5 Å². The largest absolute Gasteiger partial charge is 0.279 e. The van der Waals surface area contributed by atoms with Gasteiger partial charge < -0.3 is 0 Å². The quantitative estimate of drug-likeness (QED) is 0.310. The molecule has 5 heterocycles. The predicted molar refractivity (Wildman–Crippen MR) is 131 cm³/mol. The highest BCUT2D eigenvalue weighted by molar-refractivity contribution is 8.00. The smallest absolute Gasteiger partial charge is 0.150 e. The fraction of sp³-hybridized carbons (Fsp3) is 0.480. The average Bonchev–Trinajstić information content (AvgIpc) is 3.37. The van der Waals surface area contributed by atoms with Gasteiger partial charge in [-0.05, 0) is 42.2 Å². The molecule has 6 heteroatoms. The number of hydrogen-bond donors (Lipinski definition) is 0. The number of nitrogens with zero attached hydrogens (tertiary/aromatic N) is 4. The van der Waals surface area contributed by atoms with Crippen LogP contribution in [0.4, 0.5) is 0 Å². The normalized spacial score (nSPS) is 20.6. The van der Waals surface area contributed by atoms with E-state index in [-0.39, 0.29) is 19.2 Å². The molecule has 2 aliphatic rings. The van der Waals surface area contributed by atoms with E-state index in [9.17, 15) is 0 Å². The van der Waals surface area contributed by atoms with Crippen LogP contribution in [0.5, 0.6) is 0 Å². The van der Waals surface area contributed by atoms with Gasteiger partial charge in [0.05, 0.1) is 21.9 Å². The minimum atomic E-state index is -0.0992. The van der Waals surface area contributed by atoms with Gasteiger partial charge in [0.15, 0.2) is 0 Å². The van der Waals surface area contributed by atoms with Gasteiger partial charge in [0, 0.05) is 41.6 Å². The van der Waals surface area contributed by atoms with Crippen LogP contribution in [-0.4, -0.2) is 27.8 Å². The molecule has 31 heavy (non-hydrogen) atoms. The van der Waals surface area contributed by atoms with E-state index in [1.165, 1.54) is 29.5 Å². The van der Waals surface area contributed by atoms with Crippen molar-refractivity contribution in [1.82, 2.24) is 19.4 Å². The summed E-state index contributed by atoms with van der Waals surface area (Å²) in [6, 6.07) is 6.91. The second-order valence-electron chi connectivity index (χ2n) is 11.0. The molecule has 1 aromatic carbocycles. The Labute approximate surface area is 189 Å². The highest BCUT2D eigenvalue weighted by Gasteiger charge is 2.38. The zero-order valence-corrected chi connectivity index (χ0v) is 20.0. The summed E-state index contributed by atoms with van der Waals surface area (Å²) in [6.45, 7) is 13.3. The Kier molecular flexibility index (Phi) is 4.34. The number of fused-ring (bicyclic) bond motifs is 10. The van der Waals surface area contributed by atoms with E-state index < -0.39 is 0 Å². The first-order chi connectivity index (χ1) is 14.1. The molecule has 0 spiro atoms. The molecule has 0 N–H and O–H groups in total. The van der Waals surface area contributed by atoms with Crippen LogP contribution in [0.2, 0.25) is 0 Å². The maximum absolute atomic E-state index is 5.19. The molecular weight excluding hydrogens is 399 g/mol. The van der Waals surface area contributed by atoms with Gasteiger partial charge in [-0.25, -0.2) is 9.97 Å². The molecule has 0 amide bonds. The molecule has 2 aliphatic heterocycles.